The van der Waals surface area contributed by atoms with Crippen LogP contribution in [0.2, 0.25) is 26.2 Å². The standard InChI is InChI=1S/C30H28Si2/c1-31(2,27-13-7-5-8-14-27)23-21-25-19-20-26(30-18-12-11-17-29(25)30)22-24-32(3,4)28-15-9-6-10-16-28/h5-20H,1-4H3. The maximum atomic E-state index is 3.64. The molecule has 0 N–H and O–H groups in total. The molecule has 0 heterocycles. The number of rotatable bonds is 2. The van der Waals surface area contributed by atoms with Crippen molar-refractivity contribution < 1.29 is 0 Å². The molecule has 2 heteroatoms. The van der Waals surface area contributed by atoms with Gasteiger partial charge in [-0.1, -0.05) is 123 Å². The summed E-state index contributed by atoms with van der Waals surface area (Å²) in [4.78, 5) is 0. The van der Waals surface area contributed by atoms with Crippen LogP contribution in [-0.4, -0.2) is 16.1 Å². The minimum atomic E-state index is -1.82. The van der Waals surface area contributed by atoms with Crippen molar-refractivity contribution in [3.63, 3.8) is 0 Å². The van der Waals surface area contributed by atoms with Crippen molar-refractivity contribution in [3.8, 4) is 22.9 Å². The fourth-order valence-electron chi connectivity index (χ4n) is 3.82. The van der Waals surface area contributed by atoms with Crippen molar-refractivity contribution in [3.05, 3.63) is 108 Å². The Bertz CT molecular complexity index is 1250. The summed E-state index contributed by atoms with van der Waals surface area (Å²) in [7, 11) is -3.65. The van der Waals surface area contributed by atoms with E-state index in [1.54, 1.807) is 0 Å². The average Bonchev–Trinajstić information content (AvgIpc) is 2.83. The maximum absolute atomic E-state index is 3.64. The molecule has 0 nitrogen and oxygen atoms in total. The minimum Gasteiger partial charge on any atom is -0.121 e. The quantitative estimate of drug-likeness (QED) is 0.269. The SMILES string of the molecule is C[Si](C)(C#Cc1ccc(C#C[Si](C)(C)c2ccccc2)c2ccccc12)c1ccccc1. The third kappa shape index (κ3) is 4.78. The maximum Gasteiger partial charge on any atom is 0.163 e. The third-order valence-electron chi connectivity index (χ3n) is 5.93. The third-order valence-corrected chi connectivity index (χ3v) is 11.0. The molecule has 4 rings (SSSR count). The second kappa shape index (κ2) is 9.05. The Labute approximate surface area is 194 Å². The van der Waals surface area contributed by atoms with E-state index in [1.165, 1.54) is 21.1 Å². The Balaban J connectivity index is 1.73. The second-order valence-electron chi connectivity index (χ2n) is 9.19. The first-order valence-electron chi connectivity index (χ1n) is 11.1. The van der Waals surface area contributed by atoms with E-state index in [-0.39, 0.29) is 0 Å². The Morgan fingerprint density at radius 3 is 1.16 bits per heavy atom. The lowest BCUT2D eigenvalue weighted by atomic mass is 10.0. The molecule has 0 bridgehead atoms. The van der Waals surface area contributed by atoms with Crippen LogP contribution in [0.3, 0.4) is 0 Å². The van der Waals surface area contributed by atoms with Gasteiger partial charge in [0.15, 0.2) is 16.1 Å². The van der Waals surface area contributed by atoms with Crippen LogP contribution >= 0.6 is 0 Å². The predicted molar refractivity (Wildman–Crippen MR) is 145 cm³/mol. The highest BCUT2D eigenvalue weighted by molar-refractivity contribution is 6.96. The molecular formula is C30H28Si2. The zero-order valence-corrected chi connectivity index (χ0v) is 21.2. The van der Waals surface area contributed by atoms with Gasteiger partial charge >= 0.3 is 0 Å². The molecule has 0 radical (unpaired) electrons. The predicted octanol–water partition coefficient (Wildman–Crippen LogP) is 5.85. The first kappa shape index (κ1) is 21.9. The van der Waals surface area contributed by atoms with Crippen LogP contribution in [-0.2, 0) is 0 Å². The Morgan fingerprint density at radius 1 is 0.438 bits per heavy atom. The first-order chi connectivity index (χ1) is 15.4. The van der Waals surface area contributed by atoms with E-state index in [4.69, 9.17) is 0 Å². The van der Waals surface area contributed by atoms with E-state index in [1.807, 2.05) is 0 Å². The van der Waals surface area contributed by atoms with Crippen molar-refractivity contribution in [2.75, 3.05) is 0 Å². The number of benzene rings is 4. The summed E-state index contributed by atoms with van der Waals surface area (Å²) in [5.41, 5.74) is 9.45. The van der Waals surface area contributed by atoms with E-state index in [0.29, 0.717) is 0 Å². The van der Waals surface area contributed by atoms with E-state index in [0.717, 1.165) is 11.1 Å². The summed E-state index contributed by atoms with van der Waals surface area (Å²) in [6.45, 7) is 9.25. The zero-order chi connectivity index (χ0) is 22.6. The second-order valence-corrected chi connectivity index (χ2v) is 17.3. The first-order valence-corrected chi connectivity index (χ1v) is 17.1. The van der Waals surface area contributed by atoms with E-state index >= 15 is 0 Å². The molecule has 0 aromatic heterocycles. The van der Waals surface area contributed by atoms with Crippen LogP contribution in [0.5, 0.6) is 0 Å². The summed E-state index contributed by atoms with van der Waals surface area (Å²) < 4.78 is 0. The Hall–Kier alpha value is -3.31. The minimum absolute atomic E-state index is 1.09. The topological polar surface area (TPSA) is 0 Å². The van der Waals surface area contributed by atoms with Gasteiger partial charge in [-0.15, -0.1) is 11.1 Å². The summed E-state index contributed by atoms with van der Waals surface area (Å²) in [5, 5.41) is 5.10. The average molecular weight is 445 g/mol. The van der Waals surface area contributed by atoms with Crippen molar-refractivity contribution in [1.29, 1.82) is 0 Å². The van der Waals surface area contributed by atoms with E-state index in [2.05, 4.69) is 146 Å². The van der Waals surface area contributed by atoms with Gasteiger partial charge in [-0.05, 0) is 33.3 Å². The zero-order valence-electron chi connectivity index (χ0n) is 19.2. The van der Waals surface area contributed by atoms with Crippen LogP contribution in [0.1, 0.15) is 11.1 Å². The monoisotopic (exact) mass is 444 g/mol. The molecule has 0 spiro atoms. The molecular weight excluding hydrogens is 417 g/mol. The fourth-order valence-corrected chi connectivity index (χ4v) is 7.05. The summed E-state index contributed by atoms with van der Waals surface area (Å²) >= 11 is 0. The Kier molecular flexibility index (Phi) is 6.20. The molecule has 4 aromatic carbocycles. The smallest absolute Gasteiger partial charge is 0.121 e. The van der Waals surface area contributed by atoms with Crippen molar-refractivity contribution >= 4 is 37.3 Å². The molecule has 0 atom stereocenters. The van der Waals surface area contributed by atoms with Crippen LogP contribution in [0, 0.1) is 22.9 Å². The van der Waals surface area contributed by atoms with Gasteiger partial charge in [-0.25, -0.2) is 0 Å². The summed E-state index contributed by atoms with van der Waals surface area (Å²) in [6, 6.07) is 34.2. The van der Waals surface area contributed by atoms with Crippen molar-refractivity contribution in [2.24, 2.45) is 0 Å². The Morgan fingerprint density at radius 2 is 0.781 bits per heavy atom. The fraction of sp³-hybridized carbons (Fsp3) is 0.133. The molecule has 0 saturated heterocycles. The molecule has 32 heavy (non-hydrogen) atoms. The lowest BCUT2D eigenvalue weighted by Crippen LogP contribution is -2.40. The number of hydrogen-bond acceptors (Lipinski definition) is 0. The number of hydrogen-bond donors (Lipinski definition) is 0. The lowest BCUT2D eigenvalue weighted by Gasteiger charge is -2.15. The van der Waals surface area contributed by atoms with Crippen LogP contribution in [0.25, 0.3) is 10.8 Å². The van der Waals surface area contributed by atoms with Gasteiger partial charge in [0.05, 0.1) is 0 Å². The van der Waals surface area contributed by atoms with E-state index in [9.17, 15) is 0 Å². The highest BCUT2D eigenvalue weighted by Crippen LogP contribution is 2.22. The molecule has 156 valence electrons. The molecule has 0 aliphatic rings. The molecule has 0 amide bonds. The van der Waals surface area contributed by atoms with Gasteiger partial charge < -0.3 is 0 Å². The molecule has 0 unspecified atom stereocenters. The molecule has 0 aliphatic heterocycles. The van der Waals surface area contributed by atoms with Crippen molar-refractivity contribution in [2.45, 2.75) is 26.2 Å². The highest BCUT2D eigenvalue weighted by atomic mass is 28.3. The lowest BCUT2D eigenvalue weighted by molar-refractivity contribution is 1.66. The van der Waals surface area contributed by atoms with Crippen LogP contribution in [0.15, 0.2) is 97.1 Å². The molecule has 0 saturated carbocycles. The van der Waals surface area contributed by atoms with Gasteiger partial charge in [0.1, 0.15) is 0 Å². The van der Waals surface area contributed by atoms with Gasteiger partial charge in [0.2, 0.25) is 0 Å². The van der Waals surface area contributed by atoms with Crippen LogP contribution in [0.4, 0.5) is 0 Å². The van der Waals surface area contributed by atoms with Gasteiger partial charge in [-0.2, -0.15) is 0 Å². The van der Waals surface area contributed by atoms with Crippen LogP contribution < -0.4 is 10.4 Å². The van der Waals surface area contributed by atoms with Crippen molar-refractivity contribution in [1.82, 2.24) is 0 Å². The molecule has 4 aromatic rings. The molecule has 0 aliphatic carbocycles. The largest absolute Gasteiger partial charge is 0.163 e. The summed E-state index contributed by atoms with van der Waals surface area (Å²) in [6.07, 6.45) is 0. The van der Waals surface area contributed by atoms with Gasteiger partial charge in [-0.3, -0.25) is 0 Å². The summed E-state index contributed by atoms with van der Waals surface area (Å²) in [5.74, 6) is 7.05. The normalized spacial score (nSPS) is 11.2. The van der Waals surface area contributed by atoms with E-state index < -0.39 is 16.1 Å². The molecule has 0 fully saturated rings. The van der Waals surface area contributed by atoms with Gasteiger partial charge in [0.25, 0.3) is 0 Å². The van der Waals surface area contributed by atoms with Gasteiger partial charge in [0, 0.05) is 11.1 Å². The number of fused-ring (bicyclic) bond motifs is 1. The highest BCUT2D eigenvalue weighted by Gasteiger charge is 2.21.